The Morgan fingerprint density at radius 2 is 1.76 bits per heavy atom. The Kier molecular flexibility index (Phi) is 5.60. The fraction of sp³-hybridized carbons (Fsp3) is 0.312. The Bertz CT molecular complexity index is 807. The molecule has 0 aliphatic rings. The minimum absolute atomic E-state index is 0.000505. The Hall–Kier alpha value is -2.91. The summed E-state index contributed by atoms with van der Waals surface area (Å²) in [4.78, 5) is 13.2. The molecular formula is C16H21N7O2. The molecule has 0 fully saturated rings. The highest BCUT2D eigenvalue weighted by atomic mass is 16.3. The first kappa shape index (κ1) is 16.9. The Balaban J connectivity index is 1.89. The predicted molar refractivity (Wildman–Crippen MR) is 96.0 cm³/mol. The second-order valence-electron chi connectivity index (χ2n) is 5.30. The van der Waals surface area contributed by atoms with Crippen LogP contribution in [0.4, 0.5) is 11.8 Å². The first-order valence-electron chi connectivity index (χ1n) is 8.04. The highest BCUT2D eigenvalue weighted by Crippen LogP contribution is 2.20. The normalized spacial score (nSPS) is 10.8. The van der Waals surface area contributed by atoms with Crippen LogP contribution in [0, 0.1) is 0 Å². The summed E-state index contributed by atoms with van der Waals surface area (Å²) in [5.74, 6) is 0.989. The molecule has 0 atom stereocenters. The Labute approximate surface area is 144 Å². The third-order valence-electron chi connectivity index (χ3n) is 3.49. The van der Waals surface area contributed by atoms with E-state index < -0.39 is 0 Å². The highest BCUT2D eigenvalue weighted by Gasteiger charge is 2.13. The van der Waals surface area contributed by atoms with Gasteiger partial charge in [-0.3, -0.25) is 0 Å². The summed E-state index contributed by atoms with van der Waals surface area (Å²) in [6.45, 7) is 1.31. The van der Waals surface area contributed by atoms with Gasteiger partial charge in [-0.1, -0.05) is 30.3 Å². The lowest BCUT2D eigenvalue weighted by Crippen LogP contribution is -2.18. The largest absolute Gasteiger partial charge is 0.395 e. The summed E-state index contributed by atoms with van der Waals surface area (Å²) in [6, 6.07) is 9.98. The smallest absolute Gasteiger partial charge is 0.226 e. The Morgan fingerprint density at radius 1 is 0.960 bits per heavy atom. The van der Waals surface area contributed by atoms with E-state index in [9.17, 15) is 0 Å². The first-order valence-corrected chi connectivity index (χ1v) is 8.04. The zero-order chi connectivity index (χ0) is 17.5. The van der Waals surface area contributed by atoms with E-state index in [1.54, 1.807) is 11.0 Å². The van der Waals surface area contributed by atoms with E-state index in [0.717, 1.165) is 5.56 Å². The van der Waals surface area contributed by atoms with Gasteiger partial charge in [-0.15, -0.1) is 0 Å². The number of fused-ring (bicyclic) bond motifs is 1. The third kappa shape index (κ3) is 4.14. The van der Waals surface area contributed by atoms with Crippen molar-refractivity contribution in [2.24, 2.45) is 0 Å². The van der Waals surface area contributed by atoms with Gasteiger partial charge in [-0.05, 0) is 5.56 Å². The molecule has 9 heteroatoms. The van der Waals surface area contributed by atoms with Crippen molar-refractivity contribution in [1.82, 2.24) is 19.6 Å². The van der Waals surface area contributed by atoms with E-state index in [1.165, 1.54) is 0 Å². The van der Waals surface area contributed by atoms with E-state index >= 15 is 0 Å². The van der Waals surface area contributed by atoms with Gasteiger partial charge < -0.3 is 26.3 Å². The molecular weight excluding hydrogens is 322 g/mol. The number of aliphatic hydroxyl groups is 2. The van der Waals surface area contributed by atoms with Crippen LogP contribution in [0.3, 0.4) is 0 Å². The molecule has 132 valence electrons. The van der Waals surface area contributed by atoms with Gasteiger partial charge in [-0.2, -0.15) is 9.97 Å². The molecule has 1 aromatic carbocycles. The fourth-order valence-electron chi connectivity index (χ4n) is 2.34. The van der Waals surface area contributed by atoms with Crippen molar-refractivity contribution in [3.63, 3.8) is 0 Å². The average Bonchev–Trinajstić information content (AvgIpc) is 3.06. The summed E-state index contributed by atoms with van der Waals surface area (Å²) >= 11 is 0. The quantitative estimate of drug-likeness (QED) is 0.378. The van der Waals surface area contributed by atoms with Crippen LogP contribution in [0.2, 0.25) is 0 Å². The van der Waals surface area contributed by atoms with E-state index in [0.29, 0.717) is 42.6 Å². The molecule has 3 aromatic rings. The first-order chi connectivity index (χ1) is 12.3. The number of anilines is 2. The molecule has 0 saturated carbocycles. The lowest BCUT2D eigenvalue weighted by Gasteiger charge is -2.11. The summed E-state index contributed by atoms with van der Waals surface area (Å²) in [6.07, 6.45) is 1.60. The molecule has 2 heterocycles. The Morgan fingerprint density at radius 3 is 2.52 bits per heavy atom. The number of aliphatic hydroxyl groups excluding tert-OH is 2. The second-order valence-corrected chi connectivity index (χ2v) is 5.30. The maximum Gasteiger partial charge on any atom is 0.226 e. The van der Waals surface area contributed by atoms with Crippen molar-refractivity contribution in [1.29, 1.82) is 0 Å². The maximum atomic E-state index is 9.00. The molecule has 0 spiro atoms. The monoisotopic (exact) mass is 343 g/mol. The molecule has 0 unspecified atom stereocenters. The molecule has 0 radical (unpaired) electrons. The molecule has 25 heavy (non-hydrogen) atoms. The molecule has 0 amide bonds. The van der Waals surface area contributed by atoms with Crippen molar-refractivity contribution in [2.75, 3.05) is 42.4 Å². The topological polar surface area (TPSA) is 120 Å². The molecule has 0 bridgehead atoms. The summed E-state index contributed by atoms with van der Waals surface area (Å²) in [5.41, 5.74) is 5.34. The number of nitrogens with one attached hydrogen (secondary N) is 3. The van der Waals surface area contributed by atoms with Crippen molar-refractivity contribution in [3.8, 4) is 0 Å². The molecule has 3 rings (SSSR count). The lowest BCUT2D eigenvalue weighted by atomic mass is 10.2. The average molecular weight is 343 g/mol. The number of aromatic nitrogens is 4. The van der Waals surface area contributed by atoms with E-state index in [2.05, 4.69) is 31.0 Å². The van der Waals surface area contributed by atoms with Gasteiger partial charge in [0.1, 0.15) is 6.33 Å². The van der Waals surface area contributed by atoms with Crippen LogP contribution in [-0.2, 0) is 6.54 Å². The van der Waals surface area contributed by atoms with Gasteiger partial charge in [0.05, 0.1) is 19.8 Å². The number of benzene rings is 1. The zero-order valence-corrected chi connectivity index (χ0v) is 13.7. The molecule has 0 aliphatic carbocycles. The van der Waals surface area contributed by atoms with Crippen LogP contribution in [-0.4, -0.2) is 56.1 Å². The number of imidazole rings is 1. The highest BCUT2D eigenvalue weighted by molar-refractivity contribution is 5.84. The molecule has 5 N–H and O–H groups in total. The van der Waals surface area contributed by atoms with Gasteiger partial charge in [-0.25, -0.2) is 9.66 Å². The van der Waals surface area contributed by atoms with E-state index in [-0.39, 0.29) is 13.2 Å². The maximum absolute atomic E-state index is 9.00. The third-order valence-corrected chi connectivity index (χ3v) is 3.49. The molecule has 0 aliphatic heterocycles. The SMILES string of the molecule is OCCNc1nc(NCc2ccccc2)c2ncn(NCCO)c2n1. The summed E-state index contributed by atoms with van der Waals surface area (Å²) in [5, 5.41) is 24.2. The van der Waals surface area contributed by atoms with Crippen molar-refractivity contribution in [2.45, 2.75) is 6.54 Å². The minimum Gasteiger partial charge on any atom is -0.395 e. The second kappa shape index (κ2) is 8.27. The van der Waals surface area contributed by atoms with Crippen LogP contribution < -0.4 is 16.1 Å². The van der Waals surface area contributed by atoms with Gasteiger partial charge >= 0.3 is 0 Å². The summed E-state index contributed by atoms with van der Waals surface area (Å²) < 4.78 is 1.64. The van der Waals surface area contributed by atoms with Gasteiger partial charge in [0.15, 0.2) is 17.0 Å². The van der Waals surface area contributed by atoms with Gasteiger partial charge in [0.2, 0.25) is 5.95 Å². The van der Waals surface area contributed by atoms with Crippen molar-refractivity contribution in [3.05, 3.63) is 42.2 Å². The fourth-order valence-corrected chi connectivity index (χ4v) is 2.34. The van der Waals surface area contributed by atoms with Gasteiger partial charge in [0, 0.05) is 13.1 Å². The molecule has 2 aromatic heterocycles. The van der Waals surface area contributed by atoms with Crippen LogP contribution in [0.5, 0.6) is 0 Å². The number of nitrogens with zero attached hydrogens (tertiary/aromatic N) is 4. The van der Waals surface area contributed by atoms with Crippen LogP contribution >= 0.6 is 0 Å². The van der Waals surface area contributed by atoms with E-state index in [1.807, 2.05) is 30.3 Å². The number of hydrogen-bond donors (Lipinski definition) is 5. The van der Waals surface area contributed by atoms with Crippen molar-refractivity contribution >= 4 is 22.9 Å². The summed E-state index contributed by atoms with van der Waals surface area (Å²) in [7, 11) is 0. The standard InChI is InChI=1S/C16H21N7O2/c24-8-6-17-16-21-14(18-10-12-4-2-1-3-5-12)13-15(22-16)23(11-19-13)20-7-9-25/h1-5,11,20,24-25H,6-10H2,(H2,17,18,21,22). The zero-order valence-electron chi connectivity index (χ0n) is 13.7. The van der Waals surface area contributed by atoms with Crippen LogP contribution in [0.1, 0.15) is 5.56 Å². The van der Waals surface area contributed by atoms with Crippen LogP contribution in [0.25, 0.3) is 11.2 Å². The minimum atomic E-state index is -0.0177. The molecule has 9 nitrogen and oxygen atoms in total. The predicted octanol–water partition coefficient (Wildman–Crippen LogP) is 0.378. The van der Waals surface area contributed by atoms with Gasteiger partial charge in [0.25, 0.3) is 0 Å². The van der Waals surface area contributed by atoms with Crippen LogP contribution in [0.15, 0.2) is 36.7 Å². The lowest BCUT2D eigenvalue weighted by molar-refractivity contribution is 0.307. The number of rotatable bonds is 9. The number of hydrogen-bond acceptors (Lipinski definition) is 8. The van der Waals surface area contributed by atoms with Crippen molar-refractivity contribution < 1.29 is 10.2 Å². The molecule has 0 saturated heterocycles. The van der Waals surface area contributed by atoms with E-state index in [4.69, 9.17) is 10.2 Å².